The maximum absolute atomic E-state index is 13.8. The Morgan fingerprint density at radius 1 is 1.09 bits per heavy atom. The summed E-state index contributed by atoms with van der Waals surface area (Å²) >= 11 is 0.749. The fourth-order valence-electron chi connectivity index (χ4n) is 3.29. The first kappa shape index (κ1) is 24.7. The highest BCUT2D eigenvalue weighted by Gasteiger charge is 2.35. The number of carbonyl (C=O) groups is 3. The minimum atomic E-state index is -1.07. The van der Waals surface area contributed by atoms with Crippen molar-refractivity contribution < 1.29 is 23.9 Å². The molecule has 3 aromatic rings. The van der Waals surface area contributed by atoms with Gasteiger partial charge in [0.05, 0.1) is 19.4 Å². The number of para-hydroxylation sites is 1. The maximum atomic E-state index is 13.8. The summed E-state index contributed by atoms with van der Waals surface area (Å²) in [7, 11) is 3.06. The molecule has 0 bridgehead atoms. The third-order valence-corrected chi connectivity index (χ3v) is 5.80. The van der Waals surface area contributed by atoms with Gasteiger partial charge in [-0.2, -0.15) is 4.37 Å². The summed E-state index contributed by atoms with van der Waals surface area (Å²) in [6.07, 6.45) is 0. The number of methoxy groups -OCH3 is 2. The normalized spacial score (nSPS) is 11.5. The fraction of sp³-hybridized carbons (Fsp3) is 0.217. The predicted molar refractivity (Wildman–Crippen MR) is 129 cm³/mol. The van der Waals surface area contributed by atoms with Gasteiger partial charge in [0.2, 0.25) is 5.91 Å². The van der Waals surface area contributed by atoms with E-state index in [1.54, 1.807) is 54.6 Å². The van der Waals surface area contributed by atoms with Crippen LogP contribution in [0.3, 0.4) is 0 Å². The minimum absolute atomic E-state index is 0.000793. The van der Waals surface area contributed by atoms with Crippen LogP contribution in [0, 0.1) is 0 Å². The Morgan fingerprint density at radius 2 is 1.76 bits per heavy atom. The Bertz CT molecular complexity index is 1150. The summed E-state index contributed by atoms with van der Waals surface area (Å²) in [5.41, 5.74) is 12.0. The molecule has 11 heteroatoms. The largest absolute Gasteiger partial charge is 0.497 e. The van der Waals surface area contributed by atoms with Crippen LogP contribution in [-0.4, -0.2) is 49.5 Å². The molecule has 5 N–H and O–H groups in total. The van der Waals surface area contributed by atoms with Gasteiger partial charge in [-0.15, -0.1) is 0 Å². The molecule has 34 heavy (non-hydrogen) atoms. The number of nitrogens with two attached hydrogens (primary N) is 2. The third kappa shape index (κ3) is 5.33. The van der Waals surface area contributed by atoms with Crippen LogP contribution in [0.2, 0.25) is 0 Å². The van der Waals surface area contributed by atoms with Gasteiger partial charge in [0.1, 0.15) is 16.7 Å². The SMILES string of the molecule is COCCNC(=O)[C@H](c1ccc(OC)cc1)N(C(=O)c1snc(C(N)=O)c1N)c1ccccc1. The van der Waals surface area contributed by atoms with E-state index in [2.05, 4.69) is 9.69 Å². The molecule has 1 heterocycles. The molecule has 10 nitrogen and oxygen atoms in total. The zero-order valence-electron chi connectivity index (χ0n) is 18.7. The van der Waals surface area contributed by atoms with Crippen LogP contribution in [0.15, 0.2) is 54.6 Å². The monoisotopic (exact) mass is 483 g/mol. The average Bonchev–Trinajstić information content (AvgIpc) is 3.24. The molecule has 0 aliphatic rings. The van der Waals surface area contributed by atoms with Crippen LogP contribution in [0.4, 0.5) is 11.4 Å². The molecule has 0 spiro atoms. The van der Waals surface area contributed by atoms with E-state index in [-0.39, 0.29) is 22.8 Å². The van der Waals surface area contributed by atoms with Crippen molar-refractivity contribution >= 4 is 40.6 Å². The molecule has 2 aromatic carbocycles. The molecule has 0 saturated heterocycles. The number of anilines is 2. The van der Waals surface area contributed by atoms with Gasteiger partial charge in [0, 0.05) is 19.3 Å². The zero-order chi connectivity index (χ0) is 24.7. The smallest absolute Gasteiger partial charge is 0.273 e. The summed E-state index contributed by atoms with van der Waals surface area (Å²) in [4.78, 5) is 40.2. The Hall–Kier alpha value is -3.96. The lowest BCUT2D eigenvalue weighted by Crippen LogP contribution is -2.44. The van der Waals surface area contributed by atoms with Crippen molar-refractivity contribution in [2.75, 3.05) is 38.0 Å². The number of rotatable bonds is 10. The van der Waals surface area contributed by atoms with Crippen molar-refractivity contribution in [3.63, 3.8) is 0 Å². The number of nitrogen functional groups attached to an aromatic ring is 1. The van der Waals surface area contributed by atoms with Crippen LogP contribution >= 0.6 is 11.5 Å². The molecular weight excluding hydrogens is 458 g/mol. The Morgan fingerprint density at radius 3 is 2.32 bits per heavy atom. The van der Waals surface area contributed by atoms with Crippen LogP contribution < -0.4 is 26.4 Å². The molecule has 0 fully saturated rings. The number of nitrogens with zero attached hydrogens (tertiary/aromatic N) is 2. The molecule has 0 unspecified atom stereocenters. The lowest BCUT2D eigenvalue weighted by atomic mass is 10.0. The topological polar surface area (TPSA) is 150 Å². The predicted octanol–water partition coefficient (Wildman–Crippen LogP) is 1.98. The third-order valence-electron chi connectivity index (χ3n) is 4.95. The van der Waals surface area contributed by atoms with E-state index in [1.165, 1.54) is 19.1 Å². The van der Waals surface area contributed by atoms with E-state index in [0.29, 0.717) is 23.6 Å². The molecule has 3 rings (SSSR count). The van der Waals surface area contributed by atoms with Crippen LogP contribution in [-0.2, 0) is 9.53 Å². The summed E-state index contributed by atoms with van der Waals surface area (Å²) in [5, 5.41) is 2.80. The summed E-state index contributed by atoms with van der Waals surface area (Å²) in [6, 6.07) is 14.4. The number of benzene rings is 2. The Balaban J connectivity index is 2.14. The molecule has 0 radical (unpaired) electrons. The highest BCUT2D eigenvalue weighted by atomic mass is 32.1. The Labute approximate surface area is 200 Å². The van der Waals surface area contributed by atoms with Crippen molar-refractivity contribution in [2.45, 2.75) is 6.04 Å². The highest BCUT2D eigenvalue weighted by molar-refractivity contribution is 7.09. The van der Waals surface area contributed by atoms with Gasteiger partial charge >= 0.3 is 0 Å². The van der Waals surface area contributed by atoms with Gasteiger partial charge in [-0.25, -0.2) is 0 Å². The van der Waals surface area contributed by atoms with Gasteiger partial charge in [-0.1, -0.05) is 30.3 Å². The van der Waals surface area contributed by atoms with E-state index in [9.17, 15) is 14.4 Å². The molecule has 1 atom stereocenters. The number of aromatic nitrogens is 1. The quantitative estimate of drug-likeness (QED) is 0.373. The molecular formula is C23H25N5O5S. The molecule has 0 aliphatic heterocycles. The number of primary amides is 1. The van der Waals surface area contributed by atoms with Gasteiger partial charge in [-0.3, -0.25) is 19.3 Å². The van der Waals surface area contributed by atoms with Gasteiger partial charge in [0.15, 0.2) is 5.69 Å². The molecule has 178 valence electrons. The molecule has 1 aromatic heterocycles. The van der Waals surface area contributed by atoms with E-state index in [0.717, 1.165) is 11.5 Å². The van der Waals surface area contributed by atoms with Crippen molar-refractivity contribution in [3.05, 3.63) is 70.7 Å². The fourth-order valence-corrected chi connectivity index (χ4v) is 4.03. The number of ether oxygens (including phenoxy) is 2. The molecule has 0 aliphatic carbocycles. The van der Waals surface area contributed by atoms with E-state index in [1.807, 2.05) is 0 Å². The number of hydrogen-bond donors (Lipinski definition) is 3. The highest BCUT2D eigenvalue weighted by Crippen LogP contribution is 2.33. The lowest BCUT2D eigenvalue weighted by molar-refractivity contribution is -0.122. The van der Waals surface area contributed by atoms with Crippen molar-refractivity contribution in [2.24, 2.45) is 5.73 Å². The summed E-state index contributed by atoms with van der Waals surface area (Å²) in [5.74, 6) is -1.28. The number of carbonyl (C=O) groups excluding carboxylic acids is 3. The van der Waals surface area contributed by atoms with Gasteiger partial charge < -0.3 is 26.3 Å². The first-order chi connectivity index (χ1) is 16.4. The first-order valence-corrected chi connectivity index (χ1v) is 11.0. The van der Waals surface area contributed by atoms with E-state index >= 15 is 0 Å². The van der Waals surface area contributed by atoms with Crippen LogP contribution in [0.5, 0.6) is 5.75 Å². The lowest BCUT2D eigenvalue weighted by Gasteiger charge is -2.31. The second-order valence-corrected chi connectivity index (χ2v) is 7.88. The average molecular weight is 484 g/mol. The zero-order valence-corrected chi connectivity index (χ0v) is 19.5. The van der Waals surface area contributed by atoms with Gasteiger partial charge in [-0.05, 0) is 41.4 Å². The van der Waals surface area contributed by atoms with Crippen molar-refractivity contribution in [3.8, 4) is 5.75 Å². The number of amides is 3. The number of hydrogen-bond acceptors (Lipinski definition) is 8. The standard InChI is InChI=1S/C23H25N5O5S/c1-32-13-12-26-22(30)19(14-8-10-16(33-2)11-9-14)28(15-6-4-3-5-7-15)23(31)20-17(24)18(21(25)29)27-34-20/h3-11,19H,12-13,24H2,1-2H3,(H2,25,29)(H,26,30)/t19-/m0/s1. The number of nitrogens with one attached hydrogen (secondary N) is 1. The summed E-state index contributed by atoms with van der Waals surface area (Å²) < 4.78 is 14.2. The minimum Gasteiger partial charge on any atom is -0.497 e. The van der Waals surface area contributed by atoms with E-state index in [4.69, 9.17) is 20.9 Å². The molecule has 0 saturated carbocycles. The Kier molecular flexibility index (Phi) is 8.17. The summed E-state index contributed by atoms with van der Waals surface area (Å²) in [6.45, 7) is 0.539. The second kappa shape index (κ2) is 11.3. The van der Waals surface area contributed by atoms with Crippen LogP contribution in [0.1, 0.15) is 31.8 Å². The van der Waals surface area contributed by atoms with Crippen molar-refractivity contribution in [1.29, 1.82) is 0 Å². The van der Waals surface area contributed by atoms with E-state index < -0.39 is 23.8 Å². The first-order valence-electron chi connectivity index (χ1n) is 10.2. The van der Waals surface area contributed by atoms with Crippen molar-refractivity contribution in [1.82, 2.24) is 9.69 Å². The van der Waals surface area contributed by atoms with Crippen LogP contribution in [0.25, 0.3) is 0 Å². The molecule has 3 amide bonds. The maximum Gasteiger partial charge on any atom is 0.273 e. The van der Waals surface area contributed by atoms with Gasteiger partial charge in [0.25, 0.3) is 11.8 Å². The second-order valence-electron chi connectivity index (χ2n) is 7.11.